The Kier molecular flexibility index (Phi) is 3.47. The van der Waals surface area contributed by atoms with Crippen molar-refractivity contribution in [2.24, 2.45) is 7.05 Å². The lowest BCUT2D eigenvalue weighted by Crippen LogP contribution is -2.10. The van der Waals surface area contributed by atoms with Crippen molar-refractivity contribution in [1.29, 1.82) is 0 Å². The van der Waals surface area contributed by atoms with E-state index in [0.717, 1.165) is 11.0 Å². The summed E-state index contributed by atoms with van der Waals surface area (Å²) in [6.07, 6.45) is 1.56. The zero-order valence-corrected chi connectivity index (χ0v) is 13.0. The molecule has 9 heteroatoms. The average Bonchev–Trinajstić information content (AvgIpc) is 3.18. The van der Waals surface area contributed by atoms with Crippen LogP contribution in [-0.4, -0.2) is 47.7 Å². The topological polar surface area (TPSA) is 117 Å². The Hall–Kier alpha value is -3.20. The summed E-state index contributed by atoms with van der Waals surface area (Å²) in [5, 5.41) is 15.2. The molecule has 3 aromatic heterocycles. The number of imidazole rings is 2. The molecular formula is C15H16N8O. The summed E-state index contributed by atoms with van der Waals surface area (Å²) < 4.78 is 1.94. The number of para-hydroxylation sites is 2. The number of nitrogens with one attached hydrogen (secondary N) is 3. The molecule has 0 bridgehead atoms. The third kappa shape index (κ3) is 2.40. The van der Waals surface area contributed by atoms with Crippen LogP contribution in [-0.2, 0) is 7.05 Å². The Morgan fingerprint density at radius 1 is 1.21 bits per heavy atom. The van der Waals surface area contributed by atoms with Gasteiger partial charge in [-0.25, -0.2) is 9.97 Å². The highest BCUT2D eigenvalue weighted by atomic mass is 16.3. The highest BCUT2D eigenvalue weighted by molar-refractivity contribution is 5.84. The molecule has 4 rings (SSSR count). The zero-order chi connectivity index (χ0) is 16.5. The van der Waals surface area contributed by atoms with Gasteiger partial charge < -0.3 is 20.0 Å². The monoisotopic (exact) mass is 324 g/mol. The van der Waals surface area contributed by atoms with Crippen molar-refractivity contribution in [2.45, 2.75) is 0 Å². The molecule has 24 heavy (non-hydrogen) atoms. The van der Waals surface area contributed by atoms with Gasteiger partial charge in [-0.15, -0.1) is 0 Å². The highest BCUT2D eigenvalue weighted by Gasteiger charge is 2.13. The first-order valence-electron chi connectivity index (χ1n) is 7.50. The van der Waals surface area contributed by atoms with Crippen molar-refractivity contribution in [3.05, 3.63) is 30.6 Å². The van der Waals surface area contributed by atoms with Gasteiger partial charge in [0.15, 0.2) is 11.5 Å². The van der Waals surface area contributed by atoms with Crippen LogP contribution < -0.4 is 10.6 Å². The number of rotatable bonds is 5. The van der Waals surface area contributed by atoms with Crippen molar-refractivity contribution in [3.8, 4) is 0 Å². The van der Waals surface area contributed by atoms with Crippen LogP contribution in [0.15, 0.2) is 30.6 Å². The van der Waals surface area contributed by atoms with Gasteiger partial charge in [0.25, 0.3) is 0 Å². The minimum absolute atomic E-state index is 0.00709. The molecule has 0 unspecified atom stereocenters. The molecule has 0 fully saturated rings. The number of aliphatic hydroxyl groups is 1. The minimum atomic E-state index is 0.00709. The number of nitrogens with zero attached hydrogens (tertiary/aromatic N) is 5. The first-order valence-corrected chi connectivity index (χ1v) is 7.50. The van der Waals surface area contributed by atoms with E-state index < -0.39 is 0 Å². The fourth-order valence-corrected chi connectivity index (χ4v) is 2.55. The fourth-order valence-electron chi connectivity index (χ4n) is 2.55. The molecular weight excluding hydrogens is 308 g/mol. The second-order valence-electron chi connectivity index (χ2n) is 5.26. The number of hydrogen-bond acceptors (Lipinski definition) is 7. The van der Waals surface area contributed by atoms with E-state index in [-0.39, 0.29) is 6.61 Å². The van der Waals surface area contributed by atoms with Crippen molar-refractivity contribution < 1.29 is 5.11 Å². The summed E-state index contributed by atoms with van der Waals surface area (Å²) in [4.78, 5) is 20.6. The predicted molar refractivity (Wildman–Crippen MR) is 91.3 cm³/mol. The van der Waals surface area contributed by atoms with Gasteiger partial charge in [0.1, 0.15) is 5.52 Å². The smallest absolute Gasteiger partial charge is 0.233 e. The lowest BCUT2D eigenvalue weighted by molar-refractivity contribution is 0.311. The summed E-state index contributed by atoms with van der Waals surface area (Å²) in [7, 11) is 1.93. The largest absolute Gasteiger partial charge is 0.395 e. The van der Waals surface area contributed by atoms with Crippen LogP contribution in [0.2, 0.25) is 0 Å². The molecule has 4 aromatic rings. The molecule has 0 saturated carbocycles. The van der Waals surface area contributed by atoms with Crippen molar-refractivity contribution >= 4 is 39.9 Å². The van der Waals surface area contributed by atoms with E-state index in [2.05, 4.69) is 35.6 Å². The Bertz CT molecular complexity index is 1010. The Balaban J connectivity index is 1.74. The first kappa shape index (κ1) is 14.4. The zero-order valence-electron chi connectivity index (χ0n) is 13.0. The Morgan fingerprint density at radius 2 is 2.08 bits per heavy atom. The maximum absolute atomic E-state index is 9.01. The molecule has 3 heterocycles. The standard InChI is InChI=1S/C15H16N8O/c1-23-10-5-3-2-4-9(10)19-15(23)22-14-20-12(16-6-7-24)11-13(21-14)18-8-17-11/h2-5,8,24H,6-7H2,1H3,(H3,16,17,18,19,20,21,22). The van der Waals surface area contributed by atoms with E-state index >= 15 is 0 Å². The Labute approximate surface area is 136 Å². The molecule has 0 aliphatic heterocycles. The molecule has 0 amide bonds. The van der Waals surface area contributed by atoms with Gasteiger partial charge in [0, 0.05) is 13.6 Å². The number of benzene rings is 1. The van der Waals surface area contributed by atoms with E-state index in [9.17, 15) is 0 Å². The number of anilines is 3. The van der Waals surface area contributed by atoms with Crippen LogP contribution in [0.5, 0.6) is 0 Å². The molecule has 0 atom stereocenters. The number of aromatic nitrogens is 6. The summed E-state index contributed by atoms with van der Waals surface area (Å²) >= 11 is 0. The average molecular weight is 324 g/mol. The molecule has 4 N–H and O–H groups in total. The van der Waals surface area contributed by atoms with E-state index in [1.54, 1.807) is 6.33 Å². The number of hydrogen-bond donors (Lipinski definition) is 4. The summed E-state index contributed by atoms with van der Waals surface area (Å²) in [6.45, 7) is 0.393. The van der Waals surface area contributed by atoms with Gasteiger partial charge in [0.05, 0.1) is 24.0 Å². The van der Waals surface area contributed by atoms with Crippen molar-refractivity contribution in [1.82, 2.24) is 29.5 Å². The molecule has 0 radical (unpaired) electrons. The molecule has 1 aromatic carbocycles. The number of aliphatic hydroxyl groups excluding tert-OH is 1. The third-order valence-corrected chi connectivity index (χ3v) is 3.70. The van der Waals surface area contributed by atoms with Crippen molar-refractivity contribution in [2.75, 3.05) is 23.8 Å². The maximum atomic E-state index is 9.01. The summed E-state index contributed by atoms with van der Waals surface area (Å²) in [5.41, 5.74) is 3.13. The van der Waals surface area contributed by atoms with Gasteiger partial charge in [-0.05, 0) is 12.1 Å². The number of aromatic amines is 1. The van der Waals surface area contributed by atoms with E-state index in [0.29, 0.717) is 35.4 Å². The maximum Gasteiger partial charge on any atom is 0.233 e. The first-order chi connectivity index (χ1) is 11.8. The van der Waals surface area contributed by atoms with E-state index in [1.807, 2.05) is 35.9 Å². The van der Waals surface area contributed by atoms with Crippen LogP contribution in [0.3, 0.4) is 0 Å². The summed E-state index contributed by atoms with van der Waals surface area (Å²) in [5.74, 6) is 1.60. The van der Waals surface area contributed by atoms with Crippen molar-refractivity contribution in [3.63, 3.8) is 0 Å². The van der Waals surface area contributed by atoms with E-state index in [1.165, 1.54) is 0 Å². The van der Waals surface area contributed by atoms with Gasteiger partial charge in [-0.3, -0.25) is 5.32 Å². The number of fused-ring (bicyclic) bond motifs is 2. The fraction of sp³-hybridized carbons (Fsp3) is 0.200. The molecule has 0 saturated heterocycles. The SMILES string of the molecule is Cn1c(Nc2nc(NCCO)c3[nH]cnc3n2)nc2ccccc21. The van der Waals surface area contributed by atoms with Crippen LogP contribution in [0.1, 0.15) is 0 Å². The lowest BCUT2D eigenvalue weighted by atomic mass is 10.3. The normalized spacial score (nSPS) is 11.2. The number of H-pyrrole nitrogens is 1. The Morgan fingerprint density at radius 3 is 2.92 bits per heavy atom. The van der Waals surface area contributed by atoms with Gasteiger partial charge in [0.2, 0.25) is 11.9 Å². The minimum Gasteiger partial charge on any atom is -0.395 e. The molecule has 9 nitrogen and oxygen atoms in total. The van der Waals surface area contributed by atoms with Crippen LogP contribution in [0.4, 0.5) is 17.7 Å². The van der Waals surface area contributed by atoms with Gasteiger partial charge >= 0.3 is 0 Å². The second kappa shape index (κ2) is 5.78. The van der Waals surface area contributed by atoms with E-state index in [4.69, 9.17) is 5.11 Å². The van der Waals surface area contributed by atoms with Gasteiger partial charge in [-0.2, -0.15) is 9.97 Å². The second-order valence-corrected chi connectivity index (χ2v) is 5.26. The van der Waals surface area contributed by atoms with Gasteiger partial charge in [-0.1, -0.05) is 12.1 Å². The quantitative estimate of drug-likeness (QED) is 0.438. The number of aryl methyl sites for hydroxylation is 1. The highest BCUT2D eigenvalue weighted by Crippen LogP contribution is 2.23. The van der Waals surface area contributed by atoms with Crippen LogP contribution >= 0.6 is 0 Å². The van der Waals surface area contributed by atoms with Crippen LogP contribution in [0, 0.1) is 0 Å². The molecule has 0 spiro atoms. The third-order valence-electron chi connectivity index (χ3n) is 3.70. The lowest BCUT2D eigenvalue weighted by Gasteiger charge is -2.08. The summed E-state index contributed by atoms with van der Waals surface area (Å²) in [6, 6.07) is 7.87. The molecule has 122 valence electrons. The predicted octanol–water partition coefficient (Wildman–Crippen LogP) is 1.39. The molecule has 0 aliphatic rings. The molecule has 0 aliphatic carbocycles. The van der Waals surface area contributed by atoms with Crippen LogP contribution in [0.25, 0.3) is 22.2 Å².